The number of ether oxygens (including phenoxy) is 1. The smallest absolute Gasteiger partial charge is 0.167 e. The van der Waals surface area contributed by atoms with Crippen LogP contribution in [-0.4, -0.2) is 11.7 Å². The van der Waals surface area contributed by atoms with E-state index in [1.165, 1.54) is 6.07 Å². The Morgan fingerprint density at radius 3 is 1.78 bits per heavy atom. The molecule has 4 aromatic carbocycles. The van der Waals surface area contributed by atoms with Gasteiger partial charge in [0.2, 0.25) is 0 Å². The average Bonchev–Trinajstić information content (AvgIpc) is 2.91. The lowest BCUT2D eigenvalue weighted by molar-refractivity contribution is 0.166. The van der Waals surface area contributed by atoms with Gasteiger partial charge in [-0.15, -0.1) is 0 Å². The first-order valence-electron chi connectivity index (χ1n) is 12.7. The predicted octanol–water partition coefficient (Wildman–Crippen LogP) is 8.46. The maximum Gasteiger partial charge on any atom is 0.167 e. The molecule has 4 rings (SSSR count). The monoisotopic (exact) mass is 504 g/mol. The minimum Gasteiger partial charge on any atom is -0.491 e. The molecule has 0 fully saturated rings. The molecule has 0 aliphatic carbocycles. The largest absolute Gasteiger partial charge is 0.491 e. The van der Waals surface area contributed by atoms with Crippen molar-refractivity contribution in [2.24, 2.45) is 0 Å². The topological polar surface area (TPSA) is 29.5 Å². The third-order valence-electron chi connectivity index (χ3n) is 6.51. The quantitative estimate of drug-likeness (QED) is 0.235. The summed E-state index contributed by atoms with van der Waals surface area (Å²) in [6, 6.07) is 22.4. The number of rotatable bonds is 10. The van der Waals surface area contributed by atoms with Gasteiger partial charge in [-0.05, 0) is 66.1 Å². The lowest BCUT2D eigenvalue weighted by Crippen LogP contribution is -1.98. The number of aryl methyl sites for hydroxylation is 2. The van der Waals surface area contributed by atoms with Crippen molar-refractivity contribution in [3.05, 3.63) is 113 Å². The molecule has 5 heteroatoms. The summed E-state index contributed by atoms with van der Waals surface area (Å²) in [5, 5.41) is 10.1. The van der Waals surface area contributed by atoms with E-state index in [1.54, 1.807) is 54.6 Å². The lowest BCUT2D eigenvalue weighted by Gasteiger charge is -2.12. The summed E-state index contributed by atoms with van der Waals surface area (Å²) in [7, 11) is 0. The van der Waals surface area contributed by atoms with Crippen LogP contribution >= 0.6 is 0 Å². The predicted molar refractivity (Wildman–Crippen MR) is 142 cm³/mol. The Labute approximate surface area is 216 Å². The minimum atomic E-state index is -0.902. The zero-order valence-corrected chi connectivity index (χ0v) is 21.1. The maximum atomic E-state index is 15.1. The number of aliphatic hydroxyl groups is 1. The van der Waals surface area contributed by atoms with Crippen LogP contribution in [0.15, 0.2) is 78.9 Å². The number of benzene rings is 4. The highest BCUT2D eigenvalue weighted by atomic mass is 19.2. The van der Waals surface area contributed by atoms with E-state index in [1.807, 2.05) is 32.0 Å². The first kappa shape index (κ1) is 26.5. The summed E-state index contributed by atoms with van der Waals surface area (Å²) < 4.78 is 49.4. The molecule has 0 aromatic heterocycles. The van der Waals surface area contributed by atoms with Crippen LogP contribution in [0.5, 0.6) is 5.75 Å². The van der Waals surface area contributed by atoms with Crippen LogP contribution in [0, 0.1) is 17.5 Å². The Bertz CT molecular complexity index is 1330. The molecule has 0 aliphatic rings. The van der Waals surface area contributed by atoms with Crippen LogP contribution in [0.3, 0.4) is 0 Å². The molecular formula is C32H31F3O2. The van der Waals surface area contributed by atoms with Gasteiger partial charge < -0.3 is 9.84 Å². The van der Waals surface area contributed by atoms with Crippen LogP contribution in [0.2, 0.25) is 0 Å². The Hall–Kier alpha value is -3.57. The lowest BCUT2D eigenvalue weighted by atomic mass is 9.96. The summed E-state index contributed by atoms with van der Waals surface area (Å²) in [6.45, 7) is 4.22. The van der Waals surface area contributed by atoms with E-state index in [2.05, 4.69) is 0 Å². The molecule has 192 valence electrons. The van der Waals surface area contributed by atoms with Gasteiger partial charge in [0.05, 0.1) is 12.7 Å². The van der Waals surface area contributed by atoms with E-state index in [9.17, 15) is 9.50 Å². The van der Waals surface area contributed by atoms with Gasteiger partial charge in [-0.3, -0.25) is 0 Å². The molecule has 1 atom stereocenters. The molecule has 2 nitrogen and oxygen atoms in total. The highest BCUT2D eigenvalue weighted by molar-refractivity contribution is 5.72. The van der Waals surface area contributed by atoms with Gasteiger partial charge in [-0.2, -0.15) is 0 Å². The normalized spacial score (nSPS) is 11.9. The van der Waals surface area contributed by atoms with E-state index in [-0.39, 0.29) is 22.7 Å². The highest BCUT2D eigenvalue weighted by Crippen LogP contribution is 2.32. The fourth-order valence-corrected chi connectivity index (χ4v) is 4.43. The molecule has 0 spiro atoms. The van der Waals surface area contributed by atoms with E-state index in [0.29, 0.717) is 37.0 Å². The molecule has 0 saturated heterocycles. The summed E-state index contributed by atoms with van der Waals surface area (Å²) in [4.78, 5) is 0. The van der Waals surface area contributed by atoms with Crippen molar-refractivity contribution in [1.82, 2.24) is 0 Å². The molecule has 37 heavy (non-hydrogen) atoms. The van der Waals surface area contributed by atoms with Crippen molar-refractivity contribution in [2.75, 3.05) is 6.61 Å². The molecule has 0 radical (unpaired) electrons. The minimum absolute atomic E-state index is 0.178. The fraction of sp³-hybridized carbons (Fsp3) is 0.250. The SMILES string of the molecule is CCCC(O)c1ccc(-c2ccc(-c3ccc(CCc4ccc(OCC)c(F)c4)cc3)c(F)c2F)cc1. The van der Waals surface area contributed by atoms with Crippen molar-refractivity contribution in [1.29, 1.82) is 0 Å². The van der Waals surface area contributed by atoms with Gasteiger partial charge in [0.25, 0.3) is 0 Å². The van der Waals surface area contributed by atoms with Crippen LogP contribution < -0.4 is 4.74 Å². The van der Waals surface area contributed by atoms with Gasteiger partial charge in [-0.1, -0.05) is 80.1 Å². The number of hydrogen-bond donors (Lipinski definition) is 1. The zero-order valence-electron chi connectivity index (χ0n) is 21.1. The average molecular weight is 505 g/mol. The molecule has 4 aromatic rings. The Morgan fingerprint density at radius 1 is 0.703 bits per heavy atom. The van der Waals surface area contributed by atoms with Gasteiger partial charge in [0, 0.05) is 11.1 Å². The van der Waals surface area contributed by atoms with Gasteiger partial charge in [0.1, 0.15) is 0 Å². The van der Waals surface area contributed by atoms with Crippen molar-refractivity contribution in [3.8, 4) is 28.0 Å². The van der Waals surface area contributed by atoms with Gasteiger partial charge >= 0.3 is 0 Å². The second-order valence-electron chi connectivity index (χ2n) is 9.11. The van der Waals surface area contributed by atoms with Crippen molar-refractivity contribution >= 4 is 0 Å². The second kappa shape index (κ2) is 12.1. The van der Waals surface area contributed by atoms with E-state index in [4.69, 9.17) is 4.74 Å². The van der Waals surface area contributed by atoms with Gasteiger partial charge in [0.15, 0.2) is 23.2 Å². The van der Waals surface area contributed by atoms with Crippen LogP contribution in [-0.2, 0) is 12.8 Å². The van der Waals surface area contributed by atoms with Crippen molar-refractivity contribution in [2.45, 2.75) is 45.6 Å². The molecule has 0 amide bonds. The number of hydrogen-bond acceptors (Lipinski definition) is 2. The number of halogens is 3. The standard InChI is InChI=1S/C32H31F3O2/c1-3-5-29(36)25-15-13-24(14-16-25)27-18-17-26(31(34)32(27)35)23-11-8-21(9-12-23)6-7-22-10-19-30(37-4-2)28(33)20-22/h8-20,29,36H,3-7H2,1-2H3. The maximum absolute atomic E-state index is 15.1. The first-order chi connectivity index (χ1) is 17.9. The Morgan fingerprint density at radius 2 is 1.24 bits per heavy atom. The van der Waals surface area contributed by atoms with Crippen molar-refractivity contribution in [3.63, 3.8) is 0 Å². The van der Waals surface area contributed by atoms with Crippen LogP contribution in [0.4, 0.5) is 13.2 Å². The summed E-state index contributed by atoms with van der Waals surface area (Å²) in [6.07, 6.45) is 2.28. The summed E-state index contributed by atoms with van der Waals surface area (Å²) >= 11 is 0. The summed E-state index contributed by atoms with van der Waals surface area (Å²) in [5.74, 6) is -1.93. The second-order valence-corrected chi connectivity index (χ2v) is 9.11. The molecular weight excluding hydrogens is 473 g/mol. The third-order valence-corrected chi connectivity index (χ3v) is 6.51. The molecule has 0 bridgehead atoms. The molecule has 0 saturated carbocycles. The van der Waals surface area contributed by atoms with E-state index in [0.717, 1.165) is 23.1 Å². The van der Waals surface area contributed by atoms with Crippen LogP contribution in [0.1, 0.15) is 49.5 Å². The summed E-state index contributed by atoms with van der Waals surface area (Å²) in [5.41, 5.74) is 4.14. The van der Waals surface area contributed by atoms with Crippen LogP contribution in [0.25, 0.3) is 22.3 Å². The zero-order chi connectivity index (χ0) is 26.4. The molecule has 1 unspecified atom stereocenters. The fourth-order valence-electron chi connectivity index (χ4n) is 4.43. The first-order valence-corrected chi connectivity index (χ1v) is 12.7. The third kappa shape index (κ3) is 6.23. The van der Waals surface area contributed by atoms with E-state index >= 15 is 8.78 Å². The van der Waals surface area contributed by atoms with Gasteiger partial charge in [-0.25, -0.2) is 13.2 Å². The Balaban J connectivity index is 1.46. The molecule has 0 aliphatic heterocycles. The Kier molecular flexibility index (Phi) is 8.67. The highest BCUT2D eigenvalue weighted by Gasteiger charge is 2.17. The molecule has 0 heterocycles. The molecule has 1 N–H and O–H groups in total. The van der Waals surface area contributed by atoms with E-state index < -0.39 is 17.7 Å². The van der Waals surface area contributed by atoms with Crippen molar-refractivity contribution < 1.29 is 23.0 Å². The number of aliphatic hydroxyl groups excluding tert-OH is 1.